The zero-order valence-corrected chi connectivity index (χ0v) is 82.5. The number of hydrogen-bond acceptors (Lipinski definition) is 8. The number of para-hydroxylation sites is 12. The first-order valence-corrected chi connectivity index (χ1v) is 49.1. The van der Waals surface area contributed by atoms with Crippen molar-refractivity contribution in [3.05, 3.63) is 445 Å². The molecule has 4 N–H and O–H groups in total. The minimum atomic E-state index is -1.47. The van der Waals surface area contributed by atoms with Crippen molar-refractivity contribution in [3.63, 3.8) is 0 Å². The average molecular weight is 2000 g/mol. The Labute approximate surface area is 835 Å². The molecule has 2 saturated heterocycles. The van der Waals surface area contributed by atoms with Crippen molar-refractivity contribution in [1.29, 1.82) is 0 Å². The molecule has 0 aliphatic carbocycles. The maximum atomic E-state index is 9.47. The molecule has 0 saturated carbocycles. The molecule has 2 aliphatic heterocycles. The molecule has 14 nitrogen and oxygen atoms in total. The van der Waals surface area contributed by atoms with Crippen LogP contribution in [0.1, 0.15) is 55.4 Å². The van der Waals surface area contributed by atoms with Gasteiger partial charge < -0.3 is 66.1 Å². The summed E-state index contributed by atoms with van der Waals surface area (Å²) in [6.07, 6.45) is 0. The lowest BCUT2D eigenvalue weighted by Crippen LogP contribution is -2.41. The van der Waals surface area contributed by atoms with E-state index in [0.29, 0.717) is 10.9 Å². The van der Waals surface area contributed by atoms with E-state index in [1.165, 1.54) is 102 Å². The number of aromatic nitrogens is 6. The first-order valence-electron chi connectivity index (χ1n) is 47.2. The van der Waals surface area contributed by atoms with Gasteiger partial charge in [-0.3, -0.25) is 0 Å². The van der Waals surface area contributed by atoms with E-state index in [0.717, 1.165) is 81.8 Å². The van der Waals surface area contributed by atoms with Gasteiger partial charge in [-0.25, -0.2) is 0 Å². The van der Waals surface area contributed by atoms with Crippen molar-refractivity contribution in [1.82, 2.24) is 27.4 Å². The van der Waals surface area contributed by atoms with Gasteiger partial charge in [-0.05, 0) is 264 Å². The van der Waals surface area contributed by atoms with E-state index in [4.69, 9.17) is 18.6 Å². The fourth-order valence-corrected chi connectivity index (χ4v) is 20.4. The maximum Gasteiger partial charge on any atom is 0.494 e. The Balaban J connectivity index is 0.000000100. The van der Waals surface area contributed by atoms with Gasteiger partial charge in [-0.15, -0.1) is 0 Å². The molecule has 0 atom stereocenters. The van der Waals surface area contributed by atoms with Crippen LogP contribution >= 0.6 is 38.5 Å². The van der Waals surface area contributed by atoms with Crippen LogP contribution < -0.4 is 21.9 Å². The summed E-state index contributed by atoms with van der Waals surface area (Å²) in [6, 6.07) is 150. The summed E-state index contributed by atoms with van der Waals surface area (Å²) in [6.45, 7) is 16.7. The molecule has 2 fully saturated rings. The summed E-state index contributed by atoms with van der Waals surface area (Å²) >= 11 is 5.96. The fraction of sp³-hybridized carbons (Fsp3) is 0.100. The molecule has 0 unspecified atom stereocenters. The Hall–Kier alpha value is -14.1. The Morgan fingerprint density at radius 1 is 0.214 bits per heavy atom. The maximum absolute atomic E-state index is 9.47. The van der Waals surface area contributed by atoms with Gasteiger partial charge in [-0.1, -0.05) is 289 Å². The van der Waals surface area contributed by atoms with E-state index < -0.39 is 14.2 Å². The first kappa shape index (κ1) is 92.3. The summed E-state index contributed by atoms with van der Waals surface area (Å²) in [5, 5.41) is 52.4. The molecule has 8 heterocycles. The summed E-state index contributed by atoms with van der Waals surface area (Å²) in [5.41, 5.74) is 22.6. The predicted molar refractivity (Wildman–Crippen MR) is 596 cm³/mol. The van der Waals surface area contributed by atoms with E-state index in [1.807, 2.05) is 103 Å². The van der Waals surface area contributed by atoms with Gasteiger partial charge in [0.05, 0.1) is 88.6 Å². The van der Waals surface area contributed by atoms with Gasteiger partial charge in [-0.2, -0.15) is 0 Å². The molecular weight excluding hydrogens is 1900 g/mol. The number of rotatable bonds is 10. The summed E-state index contributed by atoms with van der Waals surface area (Å²) in [4.78, 5) is 0. The third-order valence-electron chi connectivity index (χ3n) is 27.8. The molecule has 18 aromatic carbocycles. The number of benzene rings is 18. The first-order chi connectivity index (χ1) is 67.9. The van der Waals surface area contributed by atoms with E-state index in [2.05, 4.69) is 443 Å². The lowest BCUT2D eigenvalue weighted by atomic mass is 9.79. The van der Waals surface area contributed by atoms with Crippen molar-refractivity contribution in [2.45, 2.75) is 77.8 Å². The van der Waals surface area contributed by atoms with Gasteiger partial charge in [0.2, 0.25) is 0 Å². The highest BCUT2D eigenvalue weighted by molar-refractivity contribution is 14.1. The molecule has 2 aliphatic rings. The molecule has 6 aromatic heterocycles. The summed E-state index contributed by atoms with van der Waals surface area (Å²) in [5.74, 6) is 0. The molecule has 0 bridgehead atoms. The molecule has 0 spiro atoms. The number of halogens is 2. The van der Waals surface area contributed by atoms with Crippen LogP contribution in [0.25, 0.3) is 165 Å². The van der Waals surface area contributed by atoms with E-state index >= 15 is 0 Å². The molecule has 140 heavy (non-hydrogen) atoms. The van der Waals surface area contributed by atoms with Crippen LogP contribution in [0, 0.1) is 3.57 Å². The summed E-state index contributed by atoms with van der Waals surface area (Å²) < 4.78 is 40.9. The highest BCUT2D eigenvalue weighted by atomic mass is 127. The standard InChI is InChI=1S/2C24H24BNO2.2C18H14BNO2.C18H12BrN.C18H12IN/c1-23(2)24(3,4)28-25(27-23)17-10-9-11-18(16-17)26-21-14-7-5-12-19(21)20-13-6-8-15-22(20)26;1-23(2)24(3,4)28-25(27-23)17-13-15-18(16-14-17)26-21-11-7-5-9-19(21)20-10-6-8-12-22(20)26;21-19(22)13-10-11-18-16(12-13)15-8-4-5-9-17(15)20(18)14-6-2-1-3-7-14;21-19(22)13-10-11-16-15-8-4-5-9-17(15)20(18(16)12-13)14-6-2-1-3-7-14;19-13-10-11-16-15-8-4-5-9-17(15)20(18(16)12-13)14-6-2-1-3-7-14;19-13-10-11-18-16(12-13)15-8-4-5-9-17(15)20(18)14-6-2-1-3-7-14/h2*5-16H,1-4H3;2*1-12,21-22H;2*1-12H. The second-order valence-electron chi connectivity index (χ2n) is 37.5. The Morgan fingerprint density at radius 2 is 0.464 bits per heavy atom. The monoisotopic (exact) mass is 2000 g/mol. The van der Waals surface area contributed by atoms with Crippen molar-refractivity contribution in [2.75, 3.05) is 0 Å². The molecule has 20 heteroatoms. The second-order valence-corrected chi connectivity index (χ2v) is 39.6. The smallest absolute Gasteiger partial charge is 0.423 e. The van der Waals surface area contributed by atoms with Gasteiger partial charge >= 0.3 is 28.5 Å². The molecular formula is C120H100B4BrIN6O8. The highest BCUT2D eigenvalue weighted by Crippen LogP contribution is 2.43. The van der Waals surface area contributed by atoms with Crippen LogP contribution in [0.15, 0.2) is 441 Å². The SMILES string of the molecule is Brc1ccc2c3ccccc3n(-c3ccccc3)c2c1.CC1(C)OB(c2ccc(-n3c4ccccc4c4ccccc43)cc2)OC1(C)C.CC1(C)OB(c2cccc(-n3c4ccccc4c4ccccc43)c2)OC1(C)C.Ic1ccc2c(c1)c1ccccc1n2-c1ccccc1.OB(O)c1ccc2c(c1)c1ccccc1n2-c1ccccc1.OB(O)c1ccc2c3ccccc3n(-c3ccccc3)c2c1. The third kappa shape index (κ3) is 17.4. The Morgan fingerprint density at radius 3 is 0.821 bits per heavy atom. The zero-order valence-electron chi connectivity index (χ0n) is 78.7. The lowest BCUT2D eigenvalue weighted by molar-refractivity contribution is 0.00578. The summed E-state index contributed by atoms with van der Waals surface area (Å²) in [7, 11) is -3.62. The number of nitrogens with zero attached hydrogens (tertiary/aromatic N) is 6. The third-order valence-corrected chi connectivity index (χ3v) is 29.0. The molecule has 0 amide bonds. The topological polar surface area (TPSA) is 147 Å². The normalized spacial score (nSPS) is 14.0. The molecule has 0 radical (unpaired) electrons. The minimum Gasteiger partial charge on any atom is -0.423 e. The minimum absolute atomic E-state index is 0.330. The van der Waals surface area contributed by atoms with Gasteiger partial charge in [0.25, 0.3) is 0 Å². The van der Waals surface area contributed by atoms with Gasteiger partial charge in [0, 0.05) is 107 Å². The molecule has 26 rings (SSSR count). The molecule has 24 aromatic rings. The van der Waals surface area contributed by atoms with Crippen molar-refractivity contribution in [2.24, 2.45) is 0 Å². The molecule has 684 valence electrons. The van der Waals surface area contributed by atoms with Crippen LogP contribution in [0.4, 0.5) is 0 Å². The van der Waals surface area contributed by atoms with Crippen molar-refractivity contribution < 1.29 is 38.7 Å². The Bertz CT molecular complexity index is 8570. The largest absolute Gasteiger partial charge is 0.494 e. The predicted octanol–water partition coefficient (Wildman–Crippen LogP) is 26.0. The van der Waals surface area contributed by atoms with E-state index in [-0.39, 0.29) is 36.6 Å². The quantitative estimate of drug-likeness (QED) is 0.0782. The zero-order chi connectivity index (χ0) is 96.3. The van der Waals surface area contributed by atoms with E-state index in [1.54, 1.807) is 12.1 Å². The highest BCUT2D eigenvalue weighted by Gasteiger charge is 2.53. The van der Waals surface area contributed by atoms with Crippen LogP contribution in [0.5, 0.6) is 0 Å². The van der Waals surface area contributed by atoms with Crippen molar-refractivity contribution >= 4 is 220 Å². The second kappa shape index (κ2) is 38.3. The van der Waals surface area contributed by atoms with Crippen molar-refractivity contribution in [3.8, 4) is 34.1 Å². The van der Waals surface area contributed by atoms with Gasteiger partial charge in [0.1, 0.15) is 0 Å². The Kier molecular flexibility index (Phi) is 25.2. The van der Waals surface area contributed by atoms with Gasteiger partial charge in [0.15, 0.2) is 0 Å². The van der Waals surface area contributed by atoms with Crippen LogP contribution in [0.3, 0.4) is 0 Å². The average Bonchev–Trinajstić information content (AvgIpc) is 1.62. The van der Waals surface area contributed by atoms with Crippen LogP contribution in [-0.4, -0.2) is 98.4 Å². The number of fused-ring (bicyclic) bond motifs is 18. The van der Waals surface area contributed by atoms with Crippen LogP contribution in [-0.2, 0) is 18.6 Å². The van der Waals surface area contributed by atoms with Crippen LogP contribution in [0.2, 0.25) is 0 Å². The lowest BCUT2D eigenvalue weighted by Gasteiger charge is -2.32. The fourth-order valence-electron chi connectivity index (χ4n) is 19.6. The van der Waals surface area contributed by atoms with E-state index in [9.17, 15) is 20.1 Å². The number of hydrogen-bond donors (Lipinski definition) is 4.